The highest BCUT2D eigenvalue weighted by Crippen LogP contribution is 2.28. The van der Waals surface area contributed by atoms with E-state index in [1.807, 2.05) is 36.4 Å². The molecule has 3 aromatic heterocycles. The number of carbonyl (C=O) groups is 1. The summed E-state index contributed by atoms with van der Waals surface area (Å²) in [7, 11) is 0. The van der Waals surface area contributed by atoms with E-state index in [1.165, 1.54) is 12.1 Å². The van der Waals surface area contributed by atoms with Crippen molar-refractivity contribution in [2.24, 2.45) is 5.92 Å². The van der Waals surface area contributed by atoms with Gasteiger partial charge in [0.1, 0.15) is 0 Å². The molecule has 0 bridgehead atoms. The number of nitrogens with zero attached hydrogens (tertiary/aromatic N) is 4. The van der Waals surface area contributed by atoms with E-state index in [1.54, 1.807) is 6.20 Å². The minimum absolute atomic E-state index is 0.0163. The number of benzene rings is 1. The minimum atomic E-state index is -0.875. The number of carbonyl (C=O) groups excluding carboxylic acids is 1. The minimum Gasteiger partial charge on any atom is -0.346 e. The Labute approximate surface area is 190 Å². The zero-order valence-electron chi connectivity index (χ0n) is 18.3. The molecule has 0 saturated carbocycles. The molecular formula is C25H25F2N5O. The van der Waals surface area contributed by atoms with Gasteiger partial charge in [0.15, 0.2) is 11.6 Å². The summed E-state index contributed by atoms with van der Waals surface area (Å²) in [5.74, 6) is -1.43. The average molecular weight is 450 g/mol. The van der Waals surface area contributed by atoms with Crippen LogP contribution in [0.15, 0.2) is 55.0 Å². The van der Waals surface area contributed by atoms with Crippen molar-refractivity contribution in [2.45, 2.75) is 38.8 Å². The van der Waals surface area contributed by atoms with Gasteiger partial charge in [0.25, 0.3) is 0 Å². The lowest BCUT2D eigenvalue weighted by molar-refractivity contribution is -0.131. The van der Waals surface area contributed by atoms with Crippen LogP contribution in [0.25, 0.3) is 22.3 Å². The summed E-state index contributed by atoms with van der Waals surface area (Å²) in [4.78, 5) is 19.4. The topological polar surface area (TPSA) is 66.8 Å². The van der Waals surface area contributed by atoms with Crippen molar-refractivity contribution >= 4 is 16.9 Å². The van der Waals surface area contributed by atoms with Crippen LogP contribution in [0.3, 0.4) is 0 Å². The summed E-state index contributed by atoms with van der Waals surface area (Å²) >= 11 is 0. The third-order valence-electron chi connectivity index (χ3n) is 6.49. The van der Waals surface area contributed by atoms with Crippen LogP contribution in [0, 0.1) is 17.6 Å². The molecule has 1 aliphatic rings. The number of amides is 1. The Bertz CT molecular complexity index is 1280. The van der Waals surface area contributed by atoms with Gasteiger partial charge in [-0.3, -0.25) is 9.89 Å². The molecule has 0 aliphatic carbocycles. The molecular weight excluding hydrogens is 424 g/mol. The first kappa shape index (κ1) is 21.3. The highest BCUT2D eigenvalue weighted by molar-refractivity contribution is 5.79. The molecule has 1 aromatic carbocycles. The van der Waals surface area contributed by atoms with E-state index in [4.69, 9.17) is 4.98 Å². The van der Waals surface area contributed by atoms with E-state index < -0.39 is 11.6 Å². The van der Waals surface area contributed by atoms with E-state index in [9.17, 15) is 13.6 Å². The van der Waals surface area contributed by atoms with Crippen LogP contribution in [-0.2, 0) is 17.8 Å². The lowest BCUT2D eigenvalue weighted by atomic mass is 10.1. The third-order valence-corrected chi connectivity index (χ3v) is 6.49. The highest BCUT2D eigenvalue weighted by atomic mass is 19.2. The molecule has 1 N–H and O–H groups in total. The van der Waals surface area contributed by atoms with Crippen molar-refractivity contribution < 1.29 is 13.6 Å². The van der Waals surface area contributed by atoms with Gasteiger partial charge < -0.3 is 9.47 Å². The summed E-state index contributed by atoms with van der Waals surface area (Å²) in [6.07, 6.45) is 6.88. The monoisotopic (exact) mass is 449 g/mol. The molecule has 170 valence electrons. The molecule has 1 amide bonds. The number of H-pyrrole nitrogens is 1. The fourth-order valence-electron chi connectivity index (χ4n) is 4.81. The zero-order valence-corrected chi connectivity index (χ0v) is 18.3. The highest BCUT2D eigenvalue weighted by Gasteiger charge is 2.32. The van der Waals surface area contributed by atoms with Crippen molar-refractivity contribution in [1.82, 2.24) is 24.6 Å². The Hall–Kier alpha value is -3.55. The number of aromatic amines is 1. The SMILES string of the molecule is C[C@H]1C[C@@H](Cn2ccc3nc(-c4cn[nH]c4)ccc32)CN1C(=O)CCc1cccc(F)c1F. The molecule has 0 unspecified atom stereocenters. The lowest BCUT2D eigenvalue weighted by Crippen LogP contribution is -2.34. The molecule has 1 saturated heterocycles. The van der Waals surface area contributed by atoms with Crippen molar-refractivity contribution in [2.75, 3.05) is 6.54 Å². The zero-order chi connectivity index (χ0) is 22.9. The van der Waals surface area contributed by atoms with Crippen molar-refractivity contribution in [1.29, 1.82) is 0 Å². The molecule has 5 rings (SSSR count). The number of pyridine rings is 1. The van der Waals surface area contributed by atoms with Gasteiger partial charge in [0.05, 0.1) is 22.9 Å². The molecule has 0 spiro atoms. The first-order valence-electron chi connectivity index (χ1n) is 11.2. The van der Waals surface area contributed by atoms with E-state index in [0.717, 1.165) is 41.3 Å². The molecule has 0 radical (unpaired) electrons. The van der Waals surface area contributed by atoms with Crippen LogP contribution in [0.4, 0.5) is 8.78 Å². The largest absolute Gasteiger partial charge is 0.346 e. The Kier molecular flexibility index (Phi) is 5.66. The maximum Gasteiger partial charge on any atom is 0.223 e. The number of hydrogen-bond acceptors (Lipinski definition) is 3. The lowest BCUT2D eigenvalue weighted by Gasteiger charge is -2.21. The number of nitrogens with one attached hydrogen (secondary N) is 1. The van der Waals surface area contributed by atoms with Crippen LogP contribution < -0.4 is 0 Å². The number of fused-ring (bicyclic) bond motifs is 1. The summed E-state index contributed by atoms with van der Waals surface area (Å²) in [6, 6.07) is 10.3. The third kappa shape index (κ3) is 4.25. The van der Waals surface area contributed by atoms with Crippen LogP contribution in [0.5, 0.6) is 0 Å². The molecule has 2 atom stereocenters. The van der Waals surface area contributed by atoms with Crippen molar-refractivity contribution in [3.8, 4) is 11.3 Å². The standard InChI is InChI=1S/C25H25F2N5O/c1-16-11-17(15-32(16)24(33)8-5-18-3-2-4-20(26)25(18)27)14-31-10-9-22-23(31)7-6-21(30-22)19-12-28-29-13-19/h2-4,6-7,9-10,12-13,16-17H,5,8,11,14-15H2,1H3,(H,28,29)/t16-,17-/m0/s1. The number of rotatable bonds is 6. The number of likely N-dealkylation sites (tertiary alicyclic amines) is 1. The quantitative estimate of drug-likeness (QED) is 0.469. The van der Waals surface area contributed by atoms with Gasteiger partial charge in [0, 0.05) is 43.5 Å². The first-order valence-corrected chi connectivity index (χ1v) is 11.2. The van der Waals surface area contributed by atoms with Gasteiger partial charge in [-0.15, -0.1) is 0 Å². The van der Waals surface area contributed by atoms with Crippen LogP contribution >= 0.6 is 0 Å². The Balaban J connectivity index is 1.23. The fraction of sp³-hybridized carbons (Fsp3) is 0.320. The number of halogens is 2. The number of aryl methyl sites for hydroxylation is 1. The average Bonchev–Trinajstić information content (AvgIpc) is 3.55. The first-order chi connectivity index (χ1) is 16.0. The Morgan fingerprint density at radius 2 is 2.09 bits per heavy atom. The molecule has 33 heavy (non-hydrogen) atoms. The predicted octanol–water partition coefficient (Wildman–Crippen LogP) is 4.57. The fourth-order valence-corrected chi connectivity index (χ4v) is 4.81. The van der Waals surface area contributed by atoms with Crippen LogP contribution in [0.1, 0.15) is 25.3 Å². The smallest absolute Gasteiger partial charge is 0.223 e. The van der Waals surface area contributed by atoms with E-state index >= 15 is 0 Å². The maximum absolute atomic E-state index is 13.9. The summed E-state index contributed by atoms with van der Waals surface area (Å²) in [6.45, 7) is 3.50. The maximum atomic E-state index is 13.9. The molecule has 8 heteroatoms. The molecule has 1 aliphatic heterocycles. The second-order valence-corrected chi connectivity index (χ2v) is 8.77. The molecule has 4 aromatic rings. The second kappa shape index (κ2) is 8.77. The van der Waals surface area contributed by atoms with Gasteiger partial charge >= 0.3 is 0 Å². The van der Waals surface area contributed by atoms with Gasteiger partial charge in [-0.2, -0.15) is 5.10 Å². The van der Waals surface area contributed by atoms with Crippen molar-refractivity contribution in [3.63, 3.8) is 0 Å². The molecule has 1 fully saturated rings. The molecule has 6 nitrogen and oxygen atoms in total. The number of aromatic nitrogens is 4. The van der Waals surface area contributed by atoms with E-state index in [-0.39, 0.29) is 30.4 Å². The van der Waals surface area contributed by atoms with Crippen molar-refractivity contribution in [3.05, 3.63) is 72.2 Å². The summed E-state index contributed by atoms with van der Waals surface area (Å²) in [5, 5.41) is 6.79. The van der Waals surface area contributed by atoms with Crippen LogP contribution in [0.2, 0.25) is 0 Å². The van der Waals surface area contributed by atoms with Gasteiger partial charge in [-0.1, -0.05) is 12.1 Å². The van der Waals surface area contributed by atoms with E-state index in [2.05, 4.69) is 20.8 Å². The Morgan fingerprint density at radius 1 is 1.21 bits per heavy atom. The van der Waals surface area contributed by atoms with Crippen LogP contribution in [-0.4, -0.2) is 43.1 Å². The summed E-state index contributed by atoms with van der Waals surface area (Å²) in [5.41, 5.74) is 4.04. The Morgan fingerprint density at radius 3 is 2.91 bits per heavy atom. The normalized spacial score (nSPS) is 18.3. The van der Waals surface area contributed by atoms with Gasteiger partial charge in [-0.05, 0) is 55.5 Å². The number of hydrogen-bond donors (Lipinski definition) is 1. The van der Waals surface area contributed by atoms with E-state index in [0.29, 0.717) is 12.5 Å². The van der Waals surface area contributed by atoms with Gasteiger partial charge in [0.2, 0.25) is 5.91 Å². The molecule has 4 heterocycles. The summed E-state index contributed by atoms with van der Waals surface area (Å²) < 4.78 is 29.5. The van der Waals surface area contributed by atoms with Gasteiger partial charge in [-0.25, -0.2) is 13.8 Å². The predicted molar refractivity (Wildman–Crippen MR) is 121 cm³/mol. The second-order valence-electron chi connectivity index (χ2n) is 8.77.